The summed E-state index contributed by atoms with van der Waals surface area (Å²) in [5, 5.41) is 8.86. The number of fused-ring (bicyclic) bond motifs is 5. The molecule has 1 aromatic carbocycles. The number of carbonyl (C=O) groups excluding carboxylic acids is 3. The summed E-state index contributed by atoms with van der Waals surface area (Å²) in [6, 6.07) is -0.838. The highest BCUT2D eigenvalue weighted by Gasteiger charge is 2.64. The summed E-state index contributed by atoms with van der Waals surface area (Å²) in [6.45, 7) is -0.423. The molecule has 30 heavy (non-hydrogen) atoms. The molecular weight excluding hydrogens is 422 g/mol. The van der Waals surface area contributed by atoms with E-state index in [4.69, 9.17) is 5.26 Å². The molecule has 2 bridgehead atoms. The number of benzene rings is 1. The Morgan fingerprint density at radius 1 is 1.13 bits per heavy atom. The Hall–Kier alpha value is -3.30. The van der Waals surface area contributed by atoms with Crippen molar-refractivity contribution in [2.75, 3.05) is 11.4 Å². The first kappa shape index (κ1) is 20.0. The molecule has 1 unspecified atom stereocenters. The van der Waals surface area contributed by atoms with Crippen LogP contribution in [0.15, 0.2) is 18.2 Å². The van der Waals surface area contributed by atoms with Gasteiger partial charge in [0.05, 0.1) is 35.0 Å². The predicted octanol–water partition coefficient (Wildman–Crippen LogP) is 2.26. The molecule has 3 aliphatic rings. The minimum absolute atomic E-state index is 0.0288. The van der Waals surface area contributed by atoms with Gasteiger partial charge in [-0.3, -0.25) is 9.59 Å². The molecule has 1 aromatic rings. The van der Waals surface area contributed by atoms with Crippen molar-refractivity contribution in [2.45, 2.75) is 36.9 Å². The van der Waals surface area contributed by atoms with Crippen molar-refractivity contribution in [3.8, 4) is 6.07 Å². The van der Waals surface area contributed by atoms with Gasteiger partial charge in [-0.05, 0) is 24.6 Å². The number of rotatable bonds is 1. The number of amides is 4. The van der Waals surface area contributed by atoms with E-state index in [1.54, 1.807) is 0 Å². The van der Waals surface area contributed by atoms with Crippen LogP contribution in [-0.4, -0.2) is 58.5 Å². The quantitative estimate of drug-likeness (QED) is 0.504. The number of halogens is 6. The van der Waals surface area contributed by atoms with Gasteiger partial charge in [0.15, 0.2) is 0 Å². The van der Waals surface area contributed by atoms with Crippen LogP contribution in [0, 0.1) is 11.3 Å². The predicted molar refractivity (Wildman–Crippen MR) is 84.6 cm³/mol. The highest BCUT2D eigenvalue weighted by Crippen LogP contribution is 2.44. The molecule has 3 heterocycles. The van der Waals surface area contributed by atoms with Gasteiger partial charge in [-0.1, -0.05) is 0 Å². The van der Waals surface area contributed by atoms with Crippen molar-refractivity contribution in [3.63, 3.8) is 0 Å². The number of alkyl halides is 6. The normalized spacial score (nSPS) is 25.8. The van der Waals surface area contributed by atoms with Gasteiger partial charge in [0, 0.05) is 6.54 Å². The standard InChI is InChI=1S/C17H10F6N4O3/c18-16(19,20)10-3-8(2-1-7(10)5-24)27-13(28)12-11-4-9(26(12)15(27)30)6-25(11)14(29)17(21,22)23/h1-3,9,11-12H,4,6H2/t9-,11?,12-/m1/s1. The number of nitriles is 1. The van der Waals surface area contributed by atoms with Crippen molar-refractivity contribution < 1.29 is 40.7 Å². The fourth-order valence-electron chi connectivity index (χ4n) is 4.29. The molecule has 0 spiro atoms. The fraction of sp³-hybridized carbons (Fsp3) is 0.412. The highest BCUT2D eigenvalue weighted by atomic mass is 19.4. The molecule has 3 atom stereocenters. The van der Waals surface area contributed by atoms with Crippen LogP contribution in [0.3, 0.4) is 0 Å². The van der Waals surface area contributed by atoms with Crippen LogP contribution in [0.25, 0.3) is 0 Å². The van der Waals surface area contributed by atoms with Crippen LogP contribution in [0.1, 0.15) is 17.5 Å². The van der Waals surface area contributed by atoms with E-state index in [1.165, 1.54) is 6.07 Å². The van der Waals surface area contributed by atoms with Crippen LogP contribution in [0.5, 0.6) is 0 Å². The largest absolute Gasteiger partial charge is 0.471 e. The third kappa shape index (κ3) is 2.70. The van der Waals surface area contributed by atoms with E-state index >= 15 is 0 Å². The molecule has 13 heteroatoms. The van der Waals surface area contributed by atoms with Crippen molar-refractivity contribution in [3.05, 3.63) is 29.3 Å². The van der Waals surface area contributed by atoms with E-state index in [9.17, 15) is 40.7 Å². The van der Waals surface area contributed by atoms with E-state index in [0.29, 0.717) is 15.9 Å². The topological polar surface area (TPSA) is 84.7 Å². The number of hydrogen-bond acceptors (Lipinski definition) is 4. The van der Waals surface area contributed by atoms with Crippen molar-refractivity contribution >= 4 is 23.5 Å². The van der Waals surface area contributed by atoms with Crippen molar-refractivity contribution in [1.82, 2.24) is 9.80 Å². The first-order chi connectivity index (χ1) is 13.9. The minimum Gasteiger partial charge on any atom is -0.327 e. The second kappa shape index (κ2) is 6.10. The summed E-state index contributed by atoms with van der Waals surface area (Å²) >= 11 is 0. The first-order valence-corrected chi connectivity index (χ1v) is 8.51. The summed E-state index contributed by atoms with van der Waals surface area (Å²) in [5.74, 6) is -3.16. The second-order valence-electron chi connectivity index (χ2n) is 7.06. The molecule has 7 nitrogen and oxygen atoms in total. The molecule has 0 N–H and O–H groups in total. The molecule has 158 valence electrons. The molecule has 4 amide bonds. The monoisotopic (exact) mass is 432 g/mol. The third-order valence-electron chi connectivity index (χ3n) is 5.46. The zero-order chi connectivity index (χ0) is 22.2. The molecule has 0 aromatic heterocycles. The van der Waals surface area contributed by atoms with Crippen LogP contribution in [0.2, 0.25) is 0 Å². The van der Waals surface area contributed by atoms with Gasteiger partial charge in [-0.25, -0.2) is 9.69 Å². The maximum absolute atomic E-state index is 13.2. The Balaban J connectivity index is 1.69. The smallest absolute Gasteiger partial charge is 0.327 e. The van der Waals surface area contributed by atoms with E-state index < -0.39 is 71.7 Å². The number of piperazine rings is 1. The maximum atomic E-state index is 13.2. The molecule has 0 radical (unpaired) electrons. The van der Waals surface area contributed by atoms with E-state index in [0.717, 1.165) is 17.0 Å². The number of nitrogens with zero attached hydrogens (tertiary/aromatic N) is 4. The third-order valence-corrected chi connectivity index (χ3v) is 5.46. The number of hydrogen-bond donors (Lipinski definition) is 0. The lowest BCUT2D eigenvalue weighted by Gasteiger charge is -2.35. The Kier molecular flexibility index (Phi) is 4.06. The average molecular weight is 432 g/mol. The fourth-order valence-corrected chi connectivity index (χ4v) is 4.29. The van der Waals surface area contributed by atoms with Crippen LogP contribution >= 0.6 is 0 Å². The molecule has 0 aliphatic carbocycles. The average Bonchev–Trinajstić information content (AvgIpc) is 3.30. The second-order valence-corrected chi connectivity index (χ2v) is 7.06. The lowest BCUT2D eigenvalue weighted by molar-refractivity contribution is -0.188. The first-order valence-electron chi connectivity index (χ1n) is 8.51. The molecule has 3 fully saturated rings. The van der Waals surface area contributed by atoms with Crippen LogP contribution in [0.4, 0.5) is 36.8 Å². The van der Waals surface area contributed by atoms with E-state index in [-0.39, 0.29) is 6.42 Å². The van der Waals surface area contributed by atoms with Crippen LogP contribution in [-0.2, 0) is 15.8 Å². The lowest BCUT2D eigenvalue weighted by atomic mass is 10.1. The highest BCUT2D eigenvalue weighted by molar-refractivity contribution is 6.22. The number of imide groups is 1. The van der Waals surface area contributed by atoms with Crippen molar-refractivity contribution in [2.24, 2.45) is 0 Å². The summed E-state index contributed by atoms with van der Waals surface area (Å²) in [5.41, 5.74) is -2.53. The molecule has 4 rings (SSSR count). The zero-order valence-electron chi connectivity index (χ0n) is 14.7. The SMILES string of the molecule is N#Cc1ccc(N2C(=O)[C@H]3C4C[C@H](CN4C(=O)C(F)(F)F)N3C2=O)cc1C(F)(F)F. The lowest BCUT2D eigenvalue weighted by Crippen LogP contribution is -2.57. The Labute approximate surface area is 164 Å². The number of urea groups is 1. The zero-order valence-corrected chi connectivity index (χ0v) is 14.7. The maximum Gasteiger partial charge on any atom is 0.471 e. The van der Waals surface area contributed by atoms with Gasteiger partial charge < -0.3 is 9.80 Å². The van der Waals surface area contributed by atoms with Gasteiger partial charge in [0.2, 0.25) is 0 Å². The Morgan fingerprint density at radius 3 is 2.37 bits per heavy atom. The van der Waals surface area contributed by atoms with E-state index in [1.807, 2.05) is 0 Å². The summed E-state index contributed by atoms with van der Waals surface area (Å²) in [4.78, 5) is 39.1. The minimum atomic E-state index is -5.16. The van der Waals surface area contributed by atoms with Gasteiger partial charge >= 0.3 is 24.3 Å². The van der Waals surface area contributed by atoms with Gasteiger partial charge in [0.1, 0.15) is 6.04 Å². The summed E-state index contributed by atoms with van der Waals surface area (Å²) in [6.07, 6.45) is -10.1. The van der Waals surface area contributed by atoms with Gasteiger partial charge in [-0.15, -0.1) is 0 Å². The van der Waals surface area contributed by atoms with Crippen LogP contribution < -0.4 is 4.90 Å². The Bertz CT molecular complexity index is 1010. The molecule has 0 saturated carbocycles. The molecule has 3 saturated heterocycles. The molecular formula is C17H10F6N4O3. The van der Waals surface area contributed by atoms with E-state index in [2.05, 4.69) is 0 Å². The summed E-state index contributed by atoms with van der Waals surface area (Å²) in [7, 11) is 0. The Morgan fingerprint density at radius 2 is 1.80 bits per heavy atom. The summed E-state index contributed by atoms with van der Waals surface area (Å²) < 4.78 is 78.1. The van der Waals surface area contributed by atoms with Gasteiger partial charge in [0.25, 0.3) is 5.91 Å². The number of anilines is 1. The number of carbonyl (C=O) groups is 3. The molecule has 3 aliphatic heterocycles. The van der Waals surface area contributed by atoms with Crippen molar-refractivity contribution in [1.29, 1.82) is 5.26 Å². The number of likely N-dealkylation sites (tertiary alicyclic amines) is 1. The van der Waals surface area contributed by atoms with Gasteiger partial charge in [-0.2, -0.15) is 31.6 Å².